The number of nitrogens with zero attached hydrogens (tertiary/aromatic N) is 2. The van der Waals surface area contributed by atoms with Crippen molar-refractivity contribution in [1.82, 2.24) is 9.80 Å². The summed E-state index contributed by atoms with van der Waals surface area (Å²) >= 11 is 0. The zero-order valence-electron chi connectivity index (χ0n) is 7.99. The molecule has 2 unspecified atom stereocenters. The Balaban J connectivity index is 1.80. The molecule has 0 spiro atoms. The van der Waals surface area contributed by atoms with Crippen LogP contribution in [0.4, 0.5) is 0 Å². The Labute approximate surface area is 74.3 Å². The third-order valence-corrected chi connectivity index (χ3v) is 3.08. The topological polar surface area (TPSA) is 15.7 Å². The van der Waals surface area contributed by atoms with Gasteiger partial charge in [-0.3, -0.25) is 4.90 Å². The lowest BCUT2D eigenvalue weighted by atomic mass is 9.88. The van der Waals surface area contributed by atoms with Crippen LogP contribution in [-0.4, -0.2) is 62.3 Å². The molecule has 0 aromatic heterocycles. The molecule has 3 aliphatic heterocycles. The SMILES string of the molecule is COCCN1C2CC1CN(C)C2. The lowest BCUT2D eigenvalue weighted by Crippen LogP contribution is -2.68. The summed E-state index contributed by atoms with van der Waals surface area (Å²) in [5, 5.41) is 0. The van der Waals surface area contributed by atoms with E-state index < -0.39 is 0 Å². The van der Waals surface area contributed by atoms with E-state index in [2.05, 4.69) is 16.8 Å². The van der Waals surface area contributed by atoms with E-state index in [-0.39, 0.29) is 0 Å². The smallest absolute Gasteiger partial charge is 0.0589 e. The summed E-state index contributed by atoms with van der Waals surface area (Å²) < 4.78 is 5.09. The van der Waals surface area contributed by atoms with Crippen LogP contribution in [0.3, 0.4) is 0 Å². The van der Waals surface area contributed by atoms with Gasteiger partial charge in [0.05, 0.1) is 6.61 Å². The fourth-order valence-corrected chi connectivity index (χ4v) is 2.46. The van der Waals surface area contributed by atoms with Crippen molar-refractivity contribution < 1.29 is 4.74 Å². The molecule has 0 saturated carbocycles. The van der Waals surface area contributed by atoms with Crippen molar-refractivity contribution in [3.8, 4) is 0 Å². The van der Waals surface area contributed by atoms with Gasteiger partial charge in [-0.15, -0.1) is 0 Å². The van der Waals surface area contributed by atoms with Crippen molar-refractivity contribution in [2.45, 2.75) is 18.5 Å². The Bertz CT molecular complexity index is 151. The molecule has 3 rings (SSSR count). The van der Waals surface area contributed by atoms with Crippen molar-refractivity contribution in [2.75, 3.05) is 40.4 Å². The fourth-order valence-electron chi connectivity index (χ4n) is 2.46. The number of methoxy groups -OCH3 is 1. The highest BCUT2D eigenvalue weighted by molar-refractivity contribution is 4.99. The van der Waals surface area contributed by atoms with Gasteiger partial charge in [-0.2, -0.15) is 0 Å². The lowest BCUT2D eigenvalue weighted by molar-refractivity contribution is -0.0699. The predicted molar refractivity (Wildman–Crippen MR) is 48.3 cm³/mol. The van der Waals surface area contributed by atoms with Crippen LogP contribution < -0.4 is 0 Å². The normalized spacial score (nSPS) is 36.5. The third kappa shape index (κ3) is 1.37. The first kappa shape index (κ1) is 8.48. The number of fused-ring (bicyclic) bond motifs is 2. The number of piperidine rings is 1. The van der Waals surface area contributed by atoms with E-state index in [1.165, 1.54) is 19.5 Å². The van der Waals surface area contributed by atoms with Crippen molar-refractivity contribution >= 4 is 0 Å². The molecule has 2 atom stereocenters. The van der Waals surface area contributed by atoms with Gasteiger partial charge in [0.25, 0.3) is 0 Å². The van der Waals surface area contributed by atoms with Crippen molar-refractivity contribution in [1.29, 1.82) is 0 Å². The second-order valence-electron chi connectivity index (χ2n) is 4.00. The second-order valence-corrected chi connectivity index (χ2v) is 4.00. The summed E-state index contributed by atoms with van der Waals surface area (Å²) in [7, 11) is 3.99. The molecule has 0 aromatic carbocycles. The number of likely N-dealkylation sites (N-methyl/N-ethyl adjacent to an activating group) is 1. The largest absolute Gasteiger partial charge is 0.383 e. The molecule has 70 valence electrons. The van der Waals surface area contributed by atoms with E-state index in [0.29, 0.717) is 0 Å². The van der Waals surface area contributed by atoms with E-state index in [9.17, 15) is 0 Å². The van der Waals surface area contributed by atoms with Gasteiger partial charge in [0.1, 0.15) is 0 Å². The first-order valence-corrected chi connectivity index (χ1v) is 4.74. The van der Waals surface area contributed by atoms with Gasteiger partial charge in [0.2, 0.25) is 0 Å². The van der Waals surface area contributed by atoms with Gasteiger partial charge in [0, 0.05) is 38.8 Å². The Morgan fingerprint density at radius 1 is 1.33 bits per heavy atom. The maximum atomic E-state index is 5.09. The highest BCUT2D eigenvalue weighted by Crippen LogP contribution is 2.30. The fraction of sp³-hybridized carbons (Fsp3) is 1.00. The predicted octanol–water partition coefficient (Wildman–Crippen LogP) is 0.0211. The minimum absolute atomic E-state index is 0.823. The molecule has 3 aliphatic rings. The number of piperazine rings is 1. The summed E-state index contributed by atoms with van der Waals surface area (Å²) in [5.41, 5.74) is 0. The van der Waals surface area contributed by atoms with Crippen molar-refractivity contribution in [3.63, 3.8) is 0 Å². The van der Waals surface area contributed by atoms with E-state index in [1.807, 2.05) is 0 Å². The maximum Gasteiger partial charge on any atom is 0.0589 e. The summed E-state index contributed by atoms with van der Waals surface area (Å²) in [6, 6.07) is 1.65. The molecule has 3 fully saturated rings. The molecular weight excluding hydrogens is 152 g/mol. The zero-order chi connectivity index (χ0) is 8.55. The average Bonchev–Trinajstić information content (AvgIpc) is 2.04. The summed E-state index contributed by atoms with van der Waals surface area (Å²) in [5.74, 6) is 0. The molecule has 0 amide bonds. The molecule has 12 heavy (non-hydrogen) atoms. The zero-order valence-corrected chi connectivity index (χ0v) is 7.99. The molecular formula is C9H18N2O. The quantitative estimate of drug-likeness (QED) is 0.594. The van der Waals surface area contributed by atoms with Gasteiger partial charge in [-0.1, -0.05) is 0 Å². The van der Waals surface area contributed by atoms with Gasteiger partial charge < -0.3 is 9.64 Å². The highest BCUT2D eigenvalue weighted by atomic mass is 16.5. The Morgan fingerprint density at radius 2 is 2.00 bits per heavy atom. The molecule has 3 heteroatoms. The van der Waals surface area contributed by atoms with Crippen molar-refractivity contribution in [2.24, 2.45) is 0 Å². The highest BCUT2D eigenvalue weighted by Gasteiger charge is 2.42. The Morgan fingerprint density at radius 3 is 2.58 bits per heavy atom. The number of ether oxygens (including phenoxy) is 1. The monoisotopic (exact) mass is 170 g/mol. The van der Waals surface area contributed by atoms with E-state index in [0.717, 1.165) is 25.2 Å². The van der Waals surface area contributed by atoms with E-state index in [4.69, 9.17) is 4.74 Å². The van der Waals surface area contributed by atoms with Crippen LogP contribution in [-0.2, 0) is 4.74 Å². The third-order valence-electron chi connectivity index (χ3n) is 3.08. The first-order valence-electron chi connectivity index (χ1n) is 4.74. The minimum Gasteiger partial charge on any atom is -0.383 e. The van der Waals surface area contributed by atoms with E-state index in [1.54, 1.807) is 7.11 Å². The minimum atomic E-state index is 0.823. The van der Waals surface area contributed by atoms with Crippen LogP contribution in [0, 0.1) is 0 Å². The molecule has 3 heterocycles. The summed E-state index contributed by atoms with van der Waals surface area (Å²) in [4.78, 5) is 5.02. The Hall–Kier alpha value is -0.120. The molecule has 2 bridgehead atoms. The van der Waals surface area contributed by atoms with Crippen molar-refractivity contribution in [3.05, 3.63) is 0 Å². The molecule has 0 aliphatic carbocycles. The van der Waals surface area contributed by atoms with Gasteiger partial charge in [-0.25, -0.2) is 0 Å². The van der Waals surface area contributed by atoms with Crippen LogP contribution >= 0.6 is 0 Å². The summed E-state index contributed by atoms with van der Waals surface area (Å²) in [6.07, 6.45) is 1.41. The first-order chi connectivity index (χ1) is 5.81. The van der Waals surface area contributed by atoms with Crippen LogP contribution in [0.1, 0.15) is 6.42 Å². The van der Waals surface area contributed by atoms with E-state index >= 15 is 0 Å². The van der Waals surface area contributed by atoms with Crippen LogP contribution in [0.5, 0.6) is 0 Å². The lowest BCUT2D eigenvalue weighted by Gasteiger charge is -2.55. The number of rotatable bonds is 3. The van der Waals surface area contributed by atoms with Gasteiger partial charge in [-0.05, 0) is 13.5 Å². The van der Waals surface area contributed by atoms with Gasteiger partial charge in [0.15, 0.2) is 0 Å². The molecule has 3 saturated heterocycles. The number of hydrogen-bond acceptors (Lipinski definition) is 3. The van der Waals surface area contributed by atoms with Crippen LogP contribution in [0.25, 0.3) is 0 Å². The molecule has 0 radical (unpaired) electrons. The Kier molecular flexibility index (Phi) is 2.35. The van der Waals surface area contributed by atoms with Crippen LogP contribution in [0.2, 0.25) is 0 Å². The molecule has 0 N–H and O–H groups in total. The average molecular weight is 170 g/mol. The summed E-state index contributed by atoms with van der Waals surface area (Å²) in [6.45, 7) is 4.51. The number of hydrogen-bond donors (Lipinski definition) is 0. The second kappa shape index (κ2) is 3.32. The molecule has 3 nitrogen and oxygen atoms in total. The van der Waals surface area contributed by atoms with Gasteiger partial charge >= 0.3 is 0 Å². The molecule has 0 aromatic rings. The standard InChI is InChI=1S/C9H18N2O/c1-10-6-8-5-9(7-10)11(8)3-4-12-2/h8-9H,3-7H2,1-2H3. The maximum absolute atomic E-state index is 5.09. The van der Waals surface area contributed by atoms with Crippen LogP contribution in [0.15, 0.2) is 0 Å².